The van der Waals surface area contributed by atoms with Crippen molar-refractivity contribution in [3.63, 3.8) is 0 Å². The molecular weight excluding hydrogens is 240 g/mol. The molecular formula is C14H12N4O. The van der Waals surface area contributed by atoms with Gasteiger partial charge in [-0.05, 0) is 17.7 Å². The minimum Gasteiger partial charge on any atom is -0.364 e. The second kappa shape index (κ2) is 4.53. The molecule has 94 valence electrons. The quantitative estimate of drug-likeness (QED) is 0.769. The Hall–Kier alpha value is -2.69. The number of hydrogen-bond acceptors (Lipinski definition) is 3. The van der Waals surface area contributed by atoms with Crippen LogP contribution in [0.2, 0.25) is 0 Å². The molecule has 5 heteroatoms. The SMILES string of the molecule is NC(=O)c1ccn(Cc2cccc3cccnc23)n1. The lowest BCUT2D eigenvalue weighted by molar-refractivity contribution is 0.0995. The monoisotopic (exact) mass is 252 g/mol. The fourth-order valence-electron chi connectivity index (χ4n) is 2.05. The summed E-state index contributed by atoms with van der Waals surface area (Å²) in [6.45, 7) is 0.557. The minimum atomic E-state index is -0.519. The number of aromatic nitrogens is 3. The first-order valence-electron chi connectivity index (χ1n) is 5.90. The number of primary amides is 1. The summed E-state index contributed by atoms with van der Waals surface area (Å²) in [5.74, 6) is -0.519. The molecule has 2 N–H and O–H groups in total. The first-order chi connectivity index (χ1) is 9.24. The van der Waals surface area contributed by atoms with Gasteiger partial charge in [0.25, 0.3) is 5.91 Å². The summed E-state index contributed by atoms with van der Waals surface area (Å²) < 4.78 is 1.68. The van der Waals surface area contributed by atoms with Gasteiger partial charge in [0.1, 0.15) is 5.69 Å². The Morgan fingerprint density at radius 1 is 1.21 bits per heavy atom. The zero-order chi connectivity index (χ0) is 13.2. The molecule has 0 bridgehead atoms. The number of carbonyl (C=O) groups is 1. The smallest absolute Gasteiger partial charge is 0.269 e. The van der Waals surface area contributed by atoms with E-state index in [2.05, 4.69) is 10.1 Å². The van der Waals surface area contributed by atoms with E-state index in [1.54, 1.807) is 23.1 Å². The maximum absolute atomic E-state index is 11.0. The minimum absolute atomic E-state index is 0.271. The average molecular weight is 252 g/mol. The molecule has 0 aliphatic heterocycles. The van der Waals surface area contributed by atoms with E-state index in [0.29, 0.717) is 6.54 Å². The van der Waals surface area contributed by atoms with Gasteiger partial charge in [-0.2, -0.15) is 5.10 Å². The largest absolute Gasteiger partial charge is 0.364 e. The normalized spacial score (nSPS) is 10.7. The third-order valence-corrected chi connectivity index (χ3v) is 2.94. The number of fused-ring (bicyclic) bond motifs is 1. The molecule has 0 aliphatic rings. The highest BCUT2D eigenvalue weighted by atomic mass is 16.1. The second-order valence-corrected chi connectivity index (χ2v) is 4.26. The second-order valence-electron chi connectivity index (χ2n) is 4.26. The van der Waals surface area contributed by atoms with Crippen LogP contribution in [0, 0.1) is 0 Å². The number of para-hydroxylation sites is 1. The van der Waals surface area contributed by atoms with E-state index in [9.17, 15) is 4.79 Å². The van der Waals surface area contributed by atoms with Crippen LogP contribution in [0.15, 0.2) is 48.8 Å². The van der Waals surface area contributed by atoms with Crippen molar-refractivity contribution in [2.24, 2.45) is 5.73 Å². The van der Waals surface area contributed by atoms with Crippen molar-refractivity contribution in [3.05, 3.63) is 60.0 Å². The van der Waals surface area contributed by atoms with Gasteiger partial charge in [0.15, 0.2) is 0 Å². The van der Waals surface area contributed by atoms with E-state index in [0.717, 1.165) is 16.5 Å². The van der Waals surface area contributed by atoms with Crippen LogP contribution in [0.25, 0.3) is 10.9 Å². The summed E-state index contributed by atoms with van der Waals surface area (Å²) in [6.07, 6.45) is 3.51. The first-order valence-corrected chi connectivity index (χ1v) is 5.90. The number of carbonyl (C=O) groups excluding carboxylic acids is 1. The van der Waals surface area contributed by atoms with Crippen LogP contribution >= 0.6 is 0 Å². The summed E-state index contributed by atoms with van der Waals surface area (Å²) >= 11 is 0. The zero-order valence-electron chi connectivity index (χ0n) is 10.2. The van der Waals surface area contributed by atoms with Crippen molar-refractivity contribution in [3.8, 4) is 0 Å². The van der Waals surface area contributed by atoms with Crippen LogP contribution in [-0.4, -0.2) is 20.7 Å². The summed E-state index contributed by atoms with van der Waals surface area (Å²) in [5, 5.41) is 5.21. The van der Waals surface area contributed by atoms with Gasteiger partial charge in [0.05, 0.1) is 12.1 Å². The molecule has 1 amide bonds. The van der Waals surface area contributed by atoms with E-state index in [4.69, 9.17) is 5.73 Å². The molecule has 0 unspecified atom stereocenters. The lowest BCUT2D eigenvalue weighted by Crippen LogP contribution is -2.12. The van der Waals surface area contributed by atoms with Crippen LogP contribution in [0.3, 0.4) is 0 Å². The van der Waals surface area contributed by atoms with E-state index in [1.807, 2.05) is 30.3 Å². The molecule has 0 radical (unpaired) electrons. The number of pyridine rings is 1. The molecule has 2 aromatic heterocycles. The highest BCUT2D eigenvalue weighted by Crippen LogP contribution is 2.16. The summed E-state index contributed by atoms with van der Waals surface area (Å²) in [5.41, 5.74) is 7.45. The Balaban J connectivity index is 1.98. The number of benzene rings is 1. The highest BCUT2D eigenvalue weighted by molar-refractivity contribution is 5.90. The molecule has 2 heterocycles. The molecule has 19 heavy (non-hydrogen) atoms. The predicted octanol–water partition coefficient (Wildman–Crippen LogP) is 1.58. The first kappa shape index (κ1) is 11.4. The molecule has 5 nitrogen and oxygen atoms in total. The third-order valence-electron chi connectivity index (χ3n) is 2.94. The van der Waals surface area contributed by atoms with Crippen LogP contribution in [0.5, 0.6) is 0 Å². The molecule has 0 aliphatic carbocycles. The zero-order valence-corrected chi connectivity index (χ0v) is 10.2. The van der Waals surface area contributed by atoms with Crippen LogP contribution in [0.1, 0.15) is 16.1 Å². The number of nitrogens with zero attached hydrogens (tertiary/aromatic N) is 3. The van der Waals surface area contributed by atoms with Crippen molar-refractivity contribution in [1.29, 1.82) is 0 Å². The summed E-state index contributed by atoms with van der Waals surface area (Å²) in [4.78, 5) is 15.4. The fraction of sp³-hybridized carbons (Fsp3) is 0.0714. The average Bonchev–Trinajstić information content (AvgIpc) is 2.88. The summed E-state index contributed by atoms with van der Waals surface area (Å²) in [7, 11) is 0. The number of amides is 1. The van der Waals surface area contributed by atoms with Crippen molar-refractivity contribution >= 4 is 16.8 Å². The van der Waals surface area contributed by atoms with Gasteiger partial charge in [-0.15, -0.1) is 0 Å². The Bertz CT molecular complexity index is 743. The van der Waals surface area contributed by atoms with E-state index in [1.165, 1.54) is 0 Å². The Morgan fingerprint density at radius 3 is 2.84 bits per heavy atom. The number of nitrogens with two attached hydrogens (primary N) is 1. The van der Waals surface area contributed by atoms with Gasteiger partial charge in [-0.3, -0.25) is 14.5 Å². The number of hydrogen-bond donors (Lipinski definition) is 1. The lowest BCUT2D eigenvalue weighted by atomic mass is 10.1. The maximum atomic E-state index is 11.0. The van der Waals surface area contributed by atoms with E-state index in [-0.39, 0.29) is 5.69 Å². The van der Waals surface area contributed by atoms with Gasteiger partial charge in [0, 0.05) is 17.8 Å². The van der Waals surface area contributed by atoms with Crippen LogP contribution < -0.4 is 5.73 Å². The van der Waals surface area contributed by atoms with Gasteiger partial charge in [0.2, 0.25) is 0 Å². The number of rotatable bonds is 3. The maximum Gasteiger partial charge on any atom is 0.269 e. The fourth-order valence-corrected chi connectivity index (χ4v) is 2.05. The molecule has 0 saturated carbocycles. The molecule has 1 aromatic carbocycles. The van der Waals surface area contributed by atoms with Crippen molar-refractivity contribution in [1.82, 2.24) is 14.8 Å². The van der Waals surface area contributed by atoms with Crippen molar-refractivity contribution in [2.75, 3.05) is 0 Å². The molecule has 3 rings (SSSR count). The molecule has 0 fully saturated rings. The molecule has 0 atom stereocenters. The van der Waals surface area contributed by atoms with Gasteiger partial charge >= 0.3 is 0 Å². The highest BCUT2D eigenvalue weighted by Gasteiger charge is 2.07. The molecule has 0 saturated heterocycles. The van der Waals surface area contributed by atoms with Gasteiger partial charge in [-0.25, -0.2) is 0 Å². The van der Waals surface area contributed by atoms with E-state index >= 15 is 0 Å². The van der Waals surface area contributed by atoms with Crippen molar-refractivity contribution < 1.29 is 4.79 Å². The summed E-state index contributed by atoms with van der Waals surface area (Å²) in [6, 6.07) is 11.5. The van der Waals surface area contributed by atoms with Crippen LogP contribution in [0.4, 0.5) is 0 Å². The van der Waals surface area contributed by atoms with Crippen molar-refractivity contribution in [2.45, 2.75) is 6.54 Å². The molecule has 3 aromatic rings. The predicted molar refractivity (Wildman–Crippen MR) is 71.6 cm³/mol. The Morgan fingerprint density at radius 2 is 2.05 bits per heavy atom. The van der Waals surface area contributed by atoms with Crippen LogP contribution in [-0.2, 0) is 6.54 Å². The molecule has 0 spiro atoms. The van der Waals surface area contributed by atoms with Gasteiger partial charge < -0.3 is 5.73 Å². The Labute approximate surface area is 109 Å². The lowest BCUT2D eigenvalue weighted by Gasteiger charge is -2.05. The standard InChI is InChI=1S/C14H12N4O/c15-14(19)12-6-8-18(17-12)9-11-4-1-3-10-5-2-7-16-13(10)11/h1-8H,9H2,(H2,15,19). The van der Waals surface area contributed by atoms with E-state index < -0.39 is 5.91 Å². The van der Waals surface area contributed by atoms with Gasteiger partial charge in [-0.1, -0.05) is 24.3 Å². The third kappa shape index (κ3) is 2.18. The topological polar surface area (TPSA) is 73.8 Å². The Kier molecular flexibility index (Phi) is 2.72.